The van der Waals surface area contributed by atoms with Crippen LogP contribution >= 0.6 is 23.5 Å². The largest absolute Gasteiger partial charge is 0.344 e. The maximum atomic E-state index is 11.9. The van der Waals surface area contributed by atoms with Crippen LogP contribution in [0.15, 0.2) is 17.2 Å². The molecule has 2 heterocycles. The minimum absolute atomic E-state index is 0.215. The van der Waals surface area contributed by atoms with Crippen LogP contribution in [0.1, 0.15) is 23.3 Å². The molecule has 1 aromatic rings. The monoisotopic (exact) mass is 258 g/mol. The maximum Gasteiger partial charge on any atom is 0.195 e. The number of aromatic nitrogens is 1. The van der Waals surface area contributed by atoms with Gasteiger partial charge in [0.2, 0.25) is 0 Å². The van der Waals surface area contributed by atoms with E-state index in [1.165, 1.54) is 0 Å². The van der Waals surface area contributed by atoms with Gasteiger partial charge in [-0.1, -0.05) is 0 Å². The molecule has 0 saturated carbocycles. The van der Waals surface area contributed by atoms with Crippen LogP contribution in [0.4, 0.5) is 0 Å². The number of fused-ring (bicyclic) bond motifs is 1. The van der Waals surface area contributed by atoms with E-state index < -0.39 is 0 Å². The Morgan fingerprint density at radius 2 is 2.31 bits per heavy atom. The Balaban J connectivity index is 2.13. The number of carbonyl (C=O) groups is 1. The number of carbonyl (C=O) groups excluding carboxylic acids is 1. The Bertz CT molecular complexity index is 391. The van der Waals surface area contributed by atoms with Gasteiger partial charge in [-0.2, -0.15) is 0 Å². The lowest BCUT2D eigenvalue weighted by Crippen LogP contribution is -2.27. The van der Waals surface area contributed by atoms with Crippen molar-refractivity contribution in [1.29, 1.82) is 0 Å². The van der Waals surface area contributed by atoms with Crippen LogP contribution in [0.2, 0.25) is 0 Å². The zero-order valence-electron chi connectivity index (χ0n) is 9.28. The molecule has 0 aliphatic carbocycles. The van der Waals surface area contributed by atoms with Gasteiger partial charge in [0, 0.05) is 18.6 Å². The van der Waals surface area contributed by atoms with E-state index in [0.29, 0.717) is 12.4 Å². The number of alkyl halides is 1. The van der Waals surface area contributed by atoms with Crippen molar-refractivity contribution in [2.24, 2.45) is 0 Å². The highest BCUT2D eigenvalue weighted by atomic mass is 35.5. The number of likely N-dealkylation sites (N-methyl/N-ethyl adjacent to an activating group) is 1. The van der Waals surface area contributed by atoms with E-state index in [1.54, 1.807) is 11.9 Å². The standard InChI is InChI=1S/C11H15ClN2OS/c1-13-8-9(15)11-10(16-13)4-7-14(11)6-3-2-5-12/h4,7H,2-3,5-6,8H2,1H3. The number of hydrogen-bond donors (Lipinski definition) is 0. The molecular formula is C11H15ClN2OS. The van der Waals surface area contributed by atoms with Gasteiger partial charge in [0.25, 0.3) is 0 Å². The van der Waals surface area contributed by atoms with Crippen molar-refractivity contribution in [2.45, 2.75) is 24.3 Å². The van der Waals surface area contributed by atoms with Crippen molar-refractivity contribution in [2.75, 3.05) is 19.5 Å². The van der Waals surface area contributed by atoms with E-state index >= 15 is 0 Å². The molecule has 2 rings (SSSR count). The van der Waals surface area contributed by atoms with Crippen LogP contribution in [0.3, 0.4) is 0 Å². The first kappa shape index (κ1) is 12.0. The van der Waals surface area contributed by atoms with Gasteiger partial charge in [0.05, 0.1) is 11.4 Å². The molecule has 0 N–H and O–H groups in total. The van der Waals surface area contributed by atoms with Gasteiger partial charge in [-0.05, 0) is 37.9 Å². The van der Waals surface area contributed by atoms with Crippen LogP contribution in [0.25, 0.3) is 0 Å². The second-order valence-electron chi connectivity index (χ2n) is 3.92. The number of unbranched alkanes of at least 4 members (excludes halogenated alkanes) is 1. The number of hydrogen-bond acceptors (Lipinski definition) is 3. The fourth-order valence-electron chi connectivity index (χ4n) is 1.86. The third-order valence-corrected chi connectivity index (χ3v) is 3.83. The average Bonchev–Trinajstić information content (AvgIpc) is 2.62. The summed E-state index contributed by atoms with van der Waals surface area (Å²) in [7, 11) is 1.94. The molecule has 0 atom stereocenters. The number of nitrogens with zero attached hydrogens (tertiary/aromatic N) is 2. The first-order valence-corrected chi connectivity index (χ1v) is 6.70. The fraction of sp³-hybridized carbons (Fsp3) is 0.545. The summed E-state index contributed by atoms with van der Waals surface area (Å²) in [6.07, 6.45) is 4.02. The molecule has 0 bridgehead atoms. The number of halogens is 1. The first-order chi connectivity index (χ1) is 7.72. The predicted octanol–water partition coefficient (Wildman–Crippen LogP) is 2.64. The van der Waals surface area contributed by atoms with Gasteiger partial charge >= 0.3 is 0 Å². The van der Waals surface area contributed by atoms with Gasteiger partial charge in [0.1, 0.15) is 5.69 Å². The molecule has 0 unspecified atom stereocenters. The zero-order valence-corrected chi connectivity index (χ0v) is 10.9. The van der Waals surface area contributed by atoms with Crippen LogP contribution < -0.4 is 0 Å². The van der Waals surface area contributed by atoms with Gasteiger partial charge in [-0.25, -0.2) is 4.31 Å². The summed E-state index contributed by atoms with van der Waals surface area (Å²) in [5.74, 6) is 0.904. The highest BCUT2D eigenvalue weighted by Gasteiger charge is 2.24. The van der Waals surface area contributed by atoms with Crippen molar-refractivity contribution >= 4 is 29.3 Å². The van der Waals surface area contributed by atoms with E-state index in [0.717, 1.165) is 30.0 Å². The topological polar surface area (TPSA) is 25.2 Å². The number of rotatable bonds is 4. The Morgan fingerprint density at radius 1 is 1.50 bits per heavy atom. The first-order valence-electron chi connectivity index (χ1n) is 5.40. The van der Waals surface area contributed by atoms with Gasteiger partial charge < -0.3 is 4.57 Å². The number of Topliss-reactive ketones (excluding diaryl/α,β-unsaturated/α-hetero) is 1. The number of ketones is 1. The molecule has 3 nitrogen and oxygen atoms in total. The van der Waals surface area contributed by atoms with Crippen LogP contribution in [0.5, 0.6) is 0 Å². The molecule has 1 aliphatic rings. The van der Waals surface area contributed by atoms with Crippen molar-refractivity contribution in [1.82, 2.24) is 8.87 Å². The molecule has 1 aliphatic heterocycles. The van der Waals surface area contributed by atoms with Crippen molar-refractivity contribution in [3.8, 4) is 0 Å². The third kappa shape index (κ3) is 2.44. The lowest BCUT2D eigenvalue weighted by molar-refractivity contribution is 0.0959. The van der Waals surface area contributed by atoms with Crippen molar-refractivity contribution in [3.05, 3.63) is 18.0 Å². The highest BCUT2D eigenvalue weighted by molar-refractivity contribution is 7.97. The molecule has 0 saturated heterocycles. The lowest BCUT2D eigenvalue weighted by Gasteiger charge is -2.21. The third-order valence-electron chi connectivity index (χ3n) is 2.59. The average molecular weight is 259 g/mol. The predicted molar refractivity (Wildman–Crippen MR) is 67.2 cm³/mol. The normalized spacial score (nSPS) is 16.5. The summed E-state index contributed by atoms with van der Waals surface area (Å²) >= 11 is 7.29. The second kappa shape index (κ2) is 5.25. The molecule has 1 aromatic heterocycles. The molecular weight excluding hydrogens is 244 g/mol. The van der Waals surface area contributed by atoms with Crippen LogP contribution in [0, 0.1) is 0 Å². The van der Waals surface area contributed by atoms with E-state index in [2.05, 4.69) is 4.57 Å². The minimum atomic E-state index is 0.215. The van der Waals surface area contributed by atoms with Crippen molar-refractivity contribution in [3.63, 3.8) is 0 Å². The Morgan fingerprint density at radius 3 is 3.06 bits per heavy atom. The molecule has 0 amide bonds. The Kier molecular flexibility index (Phi) is 3.95. The number of aryl methyl sites for hydroxylation is 1. The SMILES string of the molecule is CN1CC(=O)c2c(ccn2CCCCCl)S1. The summed E-state index contributed by atoms with van der Waals surface area (Å²) in [4.78, 5) is 13.0. The Labute approximate surface area is 105 Å². The Hall–Kier alpha value is -0.450. The second-order valence-corrected chi connectivity index (χ2v) is 5.54. The highest BCUT2D eigenvalue weighted by Crippen LogP contribution is 2.31. The van der Waals surface area contributed by atoms with Crippen molar-refractivity contribution < 1.29 is 4.79 Å². The molecule has 0 aromatic carbocycles. The van der Waals surface area contributed by atoms with Crippen LogP contribution in [-0.4, -0.2) is 34.1 Å². The lowest BCUT2D eigenvalue weighted by atomic mass is 10.2. The van der Waals surface area contributed by atoms with Gasteiger partial charge in [-0.15, -0.1) is 11.6 Å². The molecule has 0 fully saturated rings. The van der Waals surface area contributed by atoms with Crippen LogP contribution in [-0.2, 0) is 6.54 Å². The summed E-state index contributed by atoms with van der Waals surface area (Å²) < 4.78 is 4.03. The molecule has 88 valence electrons. The zero-order chi connectivity index (χ0) is 11.5. The maximum absolute atomic E-state index is 11.9. The van der Waals surface area contributed by atoms with E-state index in [9.17, 15) is 4.79 Å². The summed E-state index contributed by atoms with van der Waals surface area (Å²) in [6, 6.07) is 2.02. The molecule has 16 heavy (non-hydrogen) atoms. The molecule has 5 heteroatoms. The molecule has 0 spiro atoms. The quantitative estimate of drug-likeness (QED) is 0.472. The fourth-order valence-corrected chi connectivity index (χ4v) is 3.01. The summed E-state index contributed by atoms with van der Waals surface area (Å²) in [6.45, 7) is 1.38. The smallest absolute Gasteiger partial charge is 0.195 e. The summed E-state index contributed by atoms with van der Waals surface area (Å²) in [5.41, 5.74) is 0.873. The minimum Gasteiger partial charge on any atom is -0.344 e. The van der Waals surface area contributed by atoms with E-state index in [-0.39, 0.29) is 5.78 Å². The molecule has 0 radical (unpaired) electrons. The van der Waals surface area contributed by atoms with E-state index in [1.807, 2.05) is 23.6 Å². The summed E-state index contributed by atoms with van der Waals surface area (Å²) in [5, 5.41) is 0. The van der Waals surface area contributed by atoms with E-state index in [4.69, 9.17) is 11.6 Å². The van der Waals surface area contributed by atoms with Gasteiger partial charge in [-0.3, -0.25) is 4.79 Å². The van der Waals surface area contributed by atoms with Gasteiger partial charge in [0.15, 0.2) is 5.78 Å².